The summed E-state index contributed by atoms with van der Waals surface area (Å²) in [5, 5.41) is 12.2. The fourth-order valence-electron chi connectivity index (χ4n) is 2.02. The molecular formula is C16H20N2O5S. The van der Waals surface area contributed by atoms with Gasteiger partial charge in [0.05, 0.1) is 24.1 Å². The van der Waals surface area contributed by atoms with Crippen molar-refractivity contribution < 1.29 is 22.7 Å². The molecule has 1 aromatic carbocycles. The summed E-state index contributed by atoms with van der Waals surface area (Å²) in [6, 6.07) is 7.34. The van der Waals surface area contributed by atoms with Crippen LogP contribution in [0.25, 0.3) is 0 Å². The van der Waals surface area contributed by atoms with E-state index in [1.807, 2.05) is 13.8 Å². The van der Waals surface area contributed by atoms with Gasteiger partial charge in [0.15, 0.2) is 0 Å². The minimum Gasteiger partial charge on any atom is -0.478 e. The van der Waals surface area contributed by atoms with Gasteiger partial charge in [0.2, 0.25) is 10.0 Å². The average Bonchev–Trinajstić information content (AvgIpc) is 3.06. The first-order valence-electron chi connectivity index (χ1n) is 7.49. The lowest BCUT2D eigenvalue weighted by molar-refractivity contribution is 0.0696. The Bertz CT molecular complexity index is 800. The molecule has 0 aliphatic carbocycles. The van der Waals surface area contributed by atoms with Crippen molar-refractivity contribution in [2.24, 2.45) is 0 Å². The number of carbonyl (C=O) groups is 1. The van der Waals surface area contributed by atoms with Gasteiger partial charge in [-0.3, -0.25) is 0 Å². The first-order valence-corrected chi connectivity index (χ1v) is 8.97. The Morgan fingerprint density at radius 2 is 2.08 bits per heavy atom. The summed E-state index contributed by atoms with van der Waals surface area (Å²) in [6.45, 7) is 3.86. The van der Waals surface area contributed by atoms with Crippen LogP contribution in [-0.4, -0.2) is 25.5 Å². The van der Waals surface area contributed by atoms with Crippen LogP contribution in [0.5, 0.6) is 0 Å². The molecule has 0 aliphatic rings. The van der Waals surface area contributed by atoms with E-state index < -0.39 is 16.0 Å². The largest absolute Gasteiger partial charge is 0.478 e. The second-order valence-electron chi connectivity index (χ2n) is 5.37. The van der Waals surface area contributed by atoms with E-state index in [4.69, 9.17) is 9.52 Å². The molecule has 0 unspecified atom stereocenters. The number of hydrogen-bond donors (Lipinski definition) is 3. The van der Waals surface area contributed by atoms with Gasteiger partial charge in [-0.25, -0.2) is 17.9 Å². The lowest BCUT2D eigenvalue weighted by Crippen LogP contribution is -2.25. The Labute approximate surface area is 140 Å². The summed E-state index contributed by atoms with van der Waals surface area (Å²) in [4.78, 5) is 11.1. The molecule has 3 N–H and O–H groups in total. The second kappa shape index (κ2) is 7.50. The van der Waals surface area contributed by atoms with E-state index in [2.05, 4.69) is 10.0 Å². The van der Waals surface area contributed by atoms with Gasteiger partial charge < -0.3 is 14.8 Å². The minimum atomic E-state index is -3.91. The number of sulfonamides is 1. The maximum Gasteiger partial charge on any atom is 0.335 e. The molecule has 0 aliphatic heterocycles. The van der Waals surface area contributed by atoms with Crippen molar-refractivity contribution in [2.45, 2.75) is 37.8 Å². The standard InChI is InChI=1S/C16H20N2O5S/c1-3-11(2)18-14-7-6-12(16(19)20)9-15(14)24(21,22)17-10-13-5-4-8-23-13/h4-9,11,17-18H,3,10H2,1-2H3,(H,19,20)/t11-/m0/s1. The van der Waals surface area contributed by atoms with E-state index in [0.717, 1.165) is 12.5 Å². The molecule has 130 valence electrons. The fraction of sp³-hybridized carbons (Fsp3) is 0.312. The van der Waals surface area contributed by atoms with Gasteiger partial charge in [0.25, 0.3) is 0 Å². The van der Waals surface area contributed by atoms with Crippen LogP contribution in [-0.2, 0) is 16.6 Å². The van der Waals surface area contributed by atoms with Crippen LogP contribution in [0.3, 0.4) is 0 Å². The van der Waals surface area contributed by atoms with Gasteiger partial charge in [-0.15, -0.1) is 0 Å². The van der Waals surface area contributed by atoms with Crippen molar-refractivity contribution in [3.05, 3.63) is 47.9 Å². The second-order valence-corrected chi connectivity index (χ2v) is 7.11. The summed E-state index contributed by atoms with van der Waals surface area (Å²) < 4.78 is 32.7. The van der Waals surface area contributed by atoms with E-state index in [0.29, 0.717) is 11.4 Å². The highest BCUT2D eigenvalue weighted by Crippen LogP contribution is 2.24. The SMILES string of the molecule is CC[C@H](C)Nc1ccc(C(=O)O)cc1S(=O)(=O)NCc1ccco1. The molecule has 0 spiro atoms. The topological polar surface area (TPSA) is 109 Å². The monoisotopic (exact) mass is 352 g/mol. The molecule has 0 saturated carbocycles. The van der Waals surface area contributed by atoms with Crippen molar-refractivity contribution in [3.63, 3.8) is 0 Å². The third-order valence-electron chi connectivity index (χ3n) is 3.55. The molecule has 1 atom stereocenters. The molecule has 0 fully saturated rings. The molecule has 0 saturated heterocycles. The zero-order valence-electron chi connectivity index (χ0n) is 13.4. The molecular weight excluding hydrogens is 332 g/mol. The van der Waals surface area contributed by atoms with Crippen molar-refractivity contribution in [1.29, 1.82) is 0 Å². The third kappa shape index (κ3) is 4.36. The van der Waals surface area contributed by atoms with E-state index in [9.17, 15) is 13.2 Å². The van der Waals surface area contributed by atoms with Gasteiger partial charge in [0, 0.05) is 6.04 Å². The van der Waals surface area contributed by atoms with Crippen molar-refractivity contribution >= 4 is 21.7 Å². The smallest absolute Gasteiger partial charge is 0.335 e. The summed E-state index contributed by atoms with van der Waals surface area (Å²) in [5.41, 5.74) is 0.268. The van der Waals surface area contributed by atoms with E-state index in [1.165, 1.54) is 18.4 Å². The van der Waals surface area contributed by atoms with Crippen LogP contribution in [0.4, 0.5) is 5.69 Å². The summed E-state index contributed by atoms with van der Waals surface area (Å²) in [7, 11) is -3.91. The van der Waals surface area contributed by atoms with E-state index >= 15 is 0 Å². The quantitative estimate of drug-likeness (QED) is 0.674. The van der Waals surface area contributed by atoms with Crippen LogP contribution in [0, 0.1) is 0 Å². The number of carboxylic acid groups (broad SMARTS) is 1. The summed E-state index contributed by atoms with van der Waals surface area (Å²) >= 11 is 0. The molecule has 2 aromatic rings. The highest BCUT2D eigenvalue weighted by Gasteiger charge is 2.21. The molecule has 0 bridgehead atoms. The van der Waals surface area contributed by atoms with Gasteiger partial charge >= 0.3 is 5.97 Å². The normalized spacial score (nSPS) is 12.8. The van der Waals surface area contributed by atoms with Gasteiger partial charge in [-0.1, -0.05) is 6.92 Å². The number of nitrogens with one attached hydrogen (secondary N) is 2. The molecule has 24 heavy (non-hydrogen) atoms. The van der Waals surface area contributed by atoms with Crippen LogP contribution in [0.1, 0.15) is 36.4 Å². The molecule has 1 heterocycles. The van der Waals surface area contributed by atoms with Crippen LogP contribution in [0.2, 0.25) is 0 Å². The Morgan fingerprint density at radius 1 is 1.33 bits per heavy atom. The average molecular weight is 352 g/mol. The first-order chi connectivity index (χ1) is 11.3. The Hall–Kier alpha value is -2.32. The lowest BCUT2D eigenvalue weighted by atomic mass is 10.2. The highest BCUT2D eigenvalue weighted by atomic mass is 32.2. The molecule has 2 rings (SSSR count). The maximum absolute atomic E-state index is 12.6. The third-order valence-corrected chi connectivity index (χ3v) is 4.99. The van der Waals surface area contributed by atoms with Crippen LogP contribution < -0.4 is 10.0 Å². The summed E-state index contributed by atoms with van der Waals surface area (Å²) in [5.74, 6) is -0.725. The Morgan fingerprint density at radius 3 is 2.67 bits per heavy atom. The van der Waals surface area contributed by atoms with E-state index in [-0.39, 0.29) is 23.0 Å². The van der Waals surface area contributed by atoms with E-state index in [1.54, 1.807) is 12.1 Å². The van der Waals surface area contributed by atoms with Crippen molar-refractivity contribution in [2.75, 3.05) is 5.32 Å². The first kappa shape index (κ1) is 18.0. The number of hydrogen-bond acceptors (Lipinski definition) is 5. The zero-order chi connectivity index (χ0) is 17.7. The Kier molecular flexibility index (Phi) is 5.63. The number of carboxylic acids is 1. The van der Waals surface area contributed by atoms with Gasteiger partial charge in [-0.2, -0.15) is 0 Å². The number of benzene rings is 1. The molecule has 0 amide bonds. The molecule has 8 heteroatoms. The number of rotatable bonds is 8. The number of aromatic carboxylic acids is 1. The molecule has 1 aromatic heterocycles. The lowest BCUT2D eigenvalue weighted by Gasteiger charge is -2.17. The van der Waals surface area contributed by atoms with Crippen LogP contribution >= 0.6 is 0 Å². The van der Waals surface area contributed by atoms with Crippen molar-refractivity contribution in [1.82, 2.24) is 4.72 Å². The predicted molar refractivity (Wildman–Crippen MR) is 89.5 cm³/mol. The fourth-order valence-corrected chi connectivity index (χ4v) is 3.21. The van der Waals surface area contributed by atoms with Crippen LogP contribution in [0.15, 0.2) is 45.9 Å². The maximum atomic E-state index is 12.6. The predicted octanol–water partition coefficient (Wildman–Crippen LogP) is 2.67. The number of furan rings is 1. The van der Waals surface area contributed by atoms with Gasteiger partial charge in [-0.05, 0) is 43.7 Å². The zero-order valence-corrected chi connectivity index (χ0v) is 14.3. The highest BCUT2D eigenvalue weighted by molar-refractivity contribution is 7.89. The molecule has 0 radical (unpaired) electrons. The number of anilines is 1. The Balaban J connectivity index is 2.35. The van der Waals surface area contributed by atoms with Crippen molar-refractivity contribution in [3.8, 4) is 0 Å². The molecule has 7 nitrogen and oxygen atoms in total. The summed E-state index contributed by atoms with van der Waals surface area (Å²) in [6.07, 6.45) is 2.24. The minimum absolute atomic E-state index is 0.0184. The van der Waals surface area contributed by atoms with Gasteiger partial charge in [0.1, 0.15) is 10.7 Å².